The zero-order valence-electron chi connectivity index (χ0n) is 12.9. The Morgan fingerprint density at radius 2 is 1.62 bits per heavy atom. The van der Waals surface area contributed by atoms with Crippen LogP contribution in [-0.2, 0) is 6.54 Å². The molecule has 2 N–H and O–H groups in total. The van der Waals surface area contributed by atoms with Crippen LogP contribution in [0.2, 0.25) is 0 Å². The minimum Gasteiger partial charge on any atom is -0.329 e. The van der Waals surface area contributed by atoms with Crippen LogP contribution in [0.1, 0.15) is 28.3 Å². The van der Waals surface area contributed by atoms with Crippen molar-refractivity contribution in [2.75, 3.05) is 13.6 Å². The number of aryl methyl sites for hydroxylation is 2. The summed E-state index contributed by atoms with van der Waals surface area (Å²) in [6, 6.07) is 13.1. The summed E-state index contributed by atoms with van der Waals surface area (Å²) in [5.74, 6) is -0.202. The molecule has 0 saturated carbocycles. The van der Waals surface area contributed by atoms with Crippen LogP contribution in [0, 0.1) is 19.7 Å². The molecule has 0 radical (unpaired) electrons. The number of likely N-dealkylation sites (N-methyl/N-ethyl adjacent to an activating group) is 1. The number of nitrogens with zero attached hydrogens (tertiary/aromatic N) is 1. The van der Waals surface area contributed by atoms with E-state index in [0.29, 0.717) is 6.54 Å². The lowest BCUT2D eigenvalue weighted by molar-refractivity contribution is 0.240. The van der Waals surface area contributed by atoms with E-state index in [0.717, 1.165) is 12.1 Å². The summed E-state index contributed by atoms with van der Waals surface area (Å²) in [6.45, 7) is 5.55. The Morgan fingerprint density at radius 1 is 1.05 bits per heavy atom. The van der Waals surface area contributed by atoms with Gasteiger partial charge in [-0.2, -0.15) is 0 Å². The maximum atomic E-state index is 13.0. The quantitative estimate of drug-likeness (QED) is 0.910. The first-order valence-corrected chi connectivity index (χ1v) is 7.23. The van der Waals surface area contributed by atoms with Crippen LogP contribution in [0.15, 0.2) is 42.5 Å². The fourth-order valence-corrected chi connectivity index (χ4v) is 2.86. The molecular formula is C18H23FN2. The van der Waals surface area contributed by atoms with Crippen molar-refractivity contribution in [3.05, 3.63) is 70.5 Å². The summed E-state index contributed by atoms with van der Waals surface area (Å²) in [7, 11) is 2.06. The predicted octanol–water partition coefficient (Wildman–Crippen LogP) is 3.57. The molecule has 112 valence electrons. The molecular weight excluding hydrogens is 263 g/mol. The van der Waals surface area contributed by atoms with Gasteiger partial charge in [0.15, 0.2) is 0 Å². The average molecular weight is 286 g/mol. The summed E-state index contributed by atoms with van der Waals surface area (Å²) in [5, 5.41) is 0. The predicted molar refractivity (Wildman–Crippen MR) is 85.6 cm³/mol. The molecule has 0 saturated heterocycles. The van der Waals surface area contributed by atoms with Crippen molar-refractivity contribution in [3.8, 4) is 0 Å². The van der Waals surface area contributed by atoms with E-state index in [2.05, 4.69) is 44.0 Å². The van der Waals surface area contributed by atoms with Gasteiger partial charge in [0.1, 0.15) is 5.82 Å². The highest BCUT2D eigenvalue weighted by atomic mass is 19.1. The standard InChI is InChI=1S/C18H23FN2/c1-13-5-4-6-14(2)18(13)17(11-20)21(3)12-15-7-9-16(19)10-8-15/h4-10,17H,11-12,20H2,1-3H3. The lowest BCUT2D eigenvalue weighted by Crippen LogP contribution is -2.31. The van der Waals surface area contributed by atoms with Crippen molar-refractivity contribution in [1.82, 2.24) is 4.90 Å². The van der Waals surface area contributed by atoms with Crippen LogP contribution in [0.5, 0.6) is 0 Å². The Labute approximate surface area is 126 Å². The summed E-state index contributed by atoms with van der Waals surface area (Å²) in [5.41, 5.74) is 10.9. The summed E-state index contributed by atoms with van der Waals surface area (Å²) >= 11 is 0. The first kappa shape index (κ1) is 15.7. The highest BCUT2D eigenvalue weighted by Crippen LogP contribution is 2.26. The normalized spacial score (nSPS) is 12.7. The van der Waals surface area contributed by atoms with E-state index < -0.39 is 0 Å². The molecule has 0 aromatic heterocycles. The number of benzene rings is 2. The summed E-state index contributed by atoms with van der Waals surface area (Å²) < 4.78 is 13.0. The molecule has 0 aliphatic heterocycles. The van der Waals surface area contributed by atoms with Crippen molar-refractivity contribution in [2.24, 2.45) is 5.73 Å². The smallest absolute Gasteiger partial charge is 0.123 e. The van der Waals surface area contributed by atoms with E-state index in [1.54, 1.807) is 0 Å². The second kappa shape index (κ2) is 6.83. The first-order chi connectivity index (χ1) is 10.0. The van der Waals surface area contributed by atoms with Gasteiger partial charge < -0.3 is 5.73 Å². The lowest BCUT2D eigenvalue weighted by atomic mass is 9.95. The Kier molecular flexibility index (Phi) is 5.10. The van der Waals surface area contributed by atoms with Gasteiger partial charge >= 0.3 is 0 Å². The SMILES string of the molecule is Cc1cccc(C)c1C(CN)N(C)Cc1ccc(F)cc1. The molecule has 21 heavy (non-hydrogen) atoms. The lowest BCUT2D eigenvalue weighted by Gasteiger charge is -2.30. The number of nitrogens with two attached hydrogens (primary N) is 1. The van der Waals surface area contributed by atoms with Gasteiger partial charge in [-0.3, -0.25) is 4.90 Å². The molecule has 1 atom stereocenters. The van der Waals surface area contributed by atoms with Gasteiger partial charge in [-0.15, -0.1) is 0 Å². The van der Waals surface area contributed by atoms with Gasteiger partial charge in [0, 0.05) is 19.1 Å². The number of hydrogen-bond acceptors (Lipinski definition) is 2. The van der Waals surface area contributed by atoms with Crippen LogP contribution in [0.4, 0.5) is 4.39 Å². The molecule has 0 fully saturated rings. The molecule has 0 amide bonds. The minimum atomic E-state index is -0.202. The van der Waals surface area contributed by atoms with E-state index >= 15 is 0 Å². The van der Waals surface area contributed by atoms with E-state index in [4.69, 9.17) is 5.73 Å². The van der Waals surface area contributed by atoms with Crippen LogP contribution >= 0.6 is 0 Å². The fraction of sp³-hybridized carbons (Fsp3) is 0.333. The van der Waals surface area contributed by atoms with Crippen molar-refractivity contribution < 1.29 is 4.39 Å². The first-order valence-electron chi connectivity index (χ1n) is 7.23. The Hall–Kier alpha value is -1.71. The zero-order chi connectivity index (χ0) is 15.4. The topological polar surface area (TPSA) is 29.3 Å². The molecule has 0 aliphatic rings. The molecule has 2 aromatic carbocycles. The van der Waals surface area contributed by atoms with Crippen LogP contribution < -0.4 is 5.73 Å². The molecule has 0 bridgehead atoms. The van der Waals surface area contributed by atoms with Gasteiger partial charge in [0.2, 0.25) is 0 Å². The van der Waals surface area contributed by atoms with Gasteiger partial charge in [-0.1, -0.05) is 30.3 Å². The summed E-state index contributed by atoms with van der Waals surface area (Å²) in [6.07, 6.45) is 0. The largest absolute Gasteiger partial charge is 0.329 e. The molecule has 2 rings (SSSR count). The molecule has 2 aromatic rings. The van der Waals surface area contributed by atoms with E-state index in [9.17, 15) is 4.39 Å². The van der Waals surface area contributed by atoms with Gasteiger partial charge in [0.25, 0.3) is 0 Å². The second-order valence-electron chi connectivity index (χ2n) is 5.60. The fourth-order valence-electron chi connectivity index (χ4n) is 2.86. The van der Waals surface area contributed by atoms with Gasteiger partial charge in [0.05, 0.1) is 0 Å². The van der Waals surface area contributed by atoms with Crippen molar-refractivity contribution in [3.63, 3.8) is 0 Å². The Bertz CT molecular complexity index is 572. The van der Waals surface area contributed by atoms with Crippen LogP contribution in [-0.4, -0.2) is 18.5 Å². The van der Waals surface area contributed by atoms with Gasteiger partial charge in [-0.25, -0.2) is 4.39 Å². The molecule has 2 nitrogen and oxygen atoms in total. The molecule has 1 unspecified atom stereocenters. The third kappa shape index (κ3) is 3.69. The molecule has 0 spiro atoms. The number of halogens is 1. The number of hydrogen-bond donors (Lipinski definition) is 1. The maximum Gasteiger partial charge on any atom is 0.123 e. The van der Waals surface area contributed by atoms with Crippen LogP contribution in [0.25, 0.3) is 0 Å². The third-order valence-corrected chi connectivity index (χ3v) is 3.98. The van der Waals surface area contributed by atoms with Crippen LogP contribution in [0.3, 0.4) is 0 Å². The van der Waals surface area contributed by atoms with Crippen molar-refractivity contribution >= 4 is 0 Å². The molecule has 3 heteroatoms. The average Bonchev–Trinajstić information content (AvgIpc) is 2.45. The third-order valence-electron chi connectivity index (χ3n) is 3.98. The van der Waals surface area contributed by atoms with Crippen molar-refractivity contribution in [1.29, 1.82) is 0 Å². The molecule has 0 heterocycles. The maximum absolute atomic E-state index is 13.0. The number of rotatable bonds is 5. The van der Waals surface area contributed by atoms with Gasteiger partial charge in [-0.05, 0) is 55.3 Å². The highest BCUT2D eigenvalue weighted by Gasteiger charge is 2.19. The monoisotopic (exact) mass is 286 g/mol. The minimum absolute atomic E-state index is 0.163. The highest BCUT2D eigenvalue weighted by molar-refractivity contribution is 5.36. The summed E-state index contributed by atoms with van der Waals surface area (Å²) in [4.78, 5) is 2.22. The second-order valence-corrected chi connectivity index (χ2v) is 5.60. The molecule has 0 aliphatic carbocycles. The van der Waals surface area contributed by atoms with Crippen molar-refractivity contribution in [2.45, 2.75) is 26.4 Å². The zero-order valence-corrected chi connectivity index (χ0v) is 12.9. The van der Waals surface area contributed by atoms with E-state index in [1.807, 2.05) is 12.1 Å². The Morgan fingerprint density at radius 3 is 2.14 bits per heavy atom. The Balaban J connectivity index is 2.22. The van der Waals surface area contributed by atoms with E-state index in [-0.39, 0.29) is 11.9 Å². The van der Waals surface area contributed by atoms with E-state index in [1.165, 1.54) is 28.8 Å².